The van der Waals surface area contributed by atoms with Gasteiger partial charge in [0.15, 0.2) is 17.3 Å². The molecular weight excluding hydrogens is 404 g/mol. The summed E-state index contributed by atoms with van der Waals surface area (Å²) in [5.41, 5.74) is 0.397. The molecule has 0 radical (unpaired) electrons. The molecule has 31 heavy (non-hydrogen) atoms. The Labute approximate surface area is 182 Å². The van der Waals surface area contributed by atoms with Crippen molar-refractivity contribution in [2.45, 2.75) is 51.9 Å². The SMILES string of the molecule is CC(OC(=O)CCN1CCCCC1)OC(=O)N(C)C(C)C(=O)c1ccc2c(c1)OCO2. The predicted octanol–water partition coefficient (Wildman–Crippen LogP) is 2.82. The van der Waals surface area contributed by atoms with Crippen molar-refractivity contribution in [3.05, 3.63) is 23.8 Å². The van der Waals surface area contributed by atoms with E-state index in [9.17, 15) is 14.4 Å². The van der Waals surface area contributed by atoms with Gasteiger partial charge in [-0.25, -0.2) is 4.79 Å². The Bertz CT molecular complexity index is 807. The highest BCUT2D eigenvalue weighted by Gasteiger charge is 2.28. The van der Waals surface area contributed by atoms with Crippen LogP contribution in [0.3, 0.4) is 0 Å². The lowest BCUT2D eigenvalue weighted by Gasteiger charge is -2.26. The second-order valence-electron chi connectivity index (χ2n) is 7.81. The molecule has 1 fully saturated rings. The first-order valence-electron chi connectivity index (χ1n) is 10.6. The van der Waals surface area contributed by atoms with Crippen LogP contribution in [0.2, 0.25) is 0 Å². The van der Waals surface area contributed by atoms with Crippen LogP contribution in [0.4, 0.5) is 4.79 Å². The van der Waals surface area contributed by atoms with Gasteiger partial charge in [-0.2, -0.15) is 0 Å². The highest BCUT2D eigenvalue weighted by molar-refractivity contribution is 6.01. The molecule has 0 spiro atoms. The summed E-state index contributed by atoms with van der Waals surface area (Å²) in [6.07, 6.45) is 1.99. The number of likely N-dealkylation sites (N-methyl/N-ethyl adjacent to an activating group) is 1. The molecule has 9 nitrogen and oxygen atoms in total. The largest absolute Gasteiger partial charge is 0.454 e. The molecule has 0 N–H and O–H groups in total. The predicted molar refractivity (Wildman–Crippen MR) is 111 cm³/mol. The van der Waals surface area contributed by atoms with Crippen LogP contribution in [0.15, 0.2) is 18.2 Å². The highest BCUT2D eigenvalue weighted by atomic mass is 16.7. The van der Waals surface area contributed by atoms with Crippen molar-refractivity contribution >= 4 is 17.8 Å². The number of piperidine rings is 1. The number of carbonyl (C=O) groups excluding carboxylic acids is 3. The maximum absolute atomic E-state index is 12.8. The molecule has 2 atom stereocenters. The van der Waals surface area contributed by atoms with Crippen LogP contribution in [0, 0.1) is 0 Å². The molecule has 2 unspecified atom stereocenters. The van der Waals surface area contributed by atoms with Crippen LogP contribution in [-0.2, 0) is 14.3 Å². The molecule has 3 rings (SSSR count). The van der Waals surface area contributed by atoms with Crippen LogP contribution in [0.1, 0.15) is 49.9 Å². The number of fused-ring (bicyclic) bond motifs is 1. The topological polar surface area (TPSA) is 94.6 Å². The van der Waals surface area contributed by atoms with Gasteiger partial charge in [0.25, 0.3) is 0 Å². The Balaban J connectivity index is 1.45. The van der Waals surface area contributed by atoms with E-state index in [4.69, 9.17) is 18.9 Å². The van der Waals surface area contributed by atoms with E-state index in [0.29, 0.717) is 23.6 Å². The van der Waals surface area contributed by atoms with E-state index in [-0.39, 0.29) is 19.0 Å². The zero-order valence-corrected chi connectivity index (χ0v) is 18.3. The van der Waals surface area contributed by atoms with Gasteiger partial charge in [0.2, 0.25) is 13.1 Å². The van der Waals surface area contributed by atoms with Gasteiger partial charge in [0.05, 0.1) is 12.5 Å². The van der Waals surface area contributed by atoms with Gasteiger partial charge < -0.3 is 28.7 Å². The summed E-state index contributed by atoms with van der Waals surface area (Å²) in [5, 5.41) is 0. The molecule has 0 aliphatic carbocycles. The lowest BCUT2D eigenvalue weighted by Crippen LogP contribution is -2.42. The molecule has 9 heteroatoms. The summed E-state index contributed by atoms with van der Waals surface area (Å²) in [5.74, 6) is 0.378. The number of esters is 1. The number of ketones is 1. The molecule has 1 saturated heterocycles. The van der Waals surface area contributed by atoms with Gasteiger partial charge in [-0.1, -0.05) is 6.42 Å². The summed E-state index contributed by atoms with van der Waals surface area (Å²) in [6.45, 7) is 5.83. The summed E-state index contributed by atoms with van der Waals surface area (Å²) in [6, 6.07) is 4.09. The van der Waals surface area contributed by atoms with E-state index >= 15 is 0 Å². The Hall–Kier alpha value is -2.81. The average Bonchev–Trinajstić information content (AvgIpc) is 3.24. The van der Waals surface area contributed by atoms with Crippen molar-refractivity contribution in [2.75, 3.05) is 33.5 Å². The molecule has 2 heterocycles. The van der Waals surface area contributed by atoms with E-state index in [1.54, 1.807) is 25.1 Å². The molecule has 2 aliphatic rings. The summed E-state index contributed by atoms with van der Waals surface area (Å²) < 4.78 is 20.9. The zero-order chi connectivity index (χ0) is 22.4. The van der Waals surface area contributed by atoms with Crippen LogP contribution < -0.4 is 9.47 Å². The van der Waals surface area contributed by atoms with Crippen molar-refractivity contribution < 1.29 is 33.3 Å². The maximum atomic E-state index is 12.8. The Morgan fingerprint density at radius 1 is 1.06 bits per heavy atom. The van der Waals surface area contributed by atoms with Crippen molar-refractivity contribution in [2.24, 2.45) is 0 Å². The molecule has 1 amide bonds. The average molecular weight is 434 g/mol. The summed E-state index contributed by atoms with van der Waals surface area (Å²) in [7, 11) is 1.46. The van der Waals surface area contributed by atoms with E-state index in [2.05, 4.69) is 4.90 Å². The van der Waals surface area contributed by atoms with Crippen molar-refractivity contribution in [3.63, 3.8) is 0 Å². The first-order valence-corrected chi connectivity index (χ1v) is 10.6. The Kier molecular flexibility index (Phi) is 7.73. The van der Waals surface area contributed by atoms with E-state index in [1.165, 1.54) is 25.3 Å². The second kappa shape index (κ2) is 10.5. The third kappa shape index (κ3) is 6.10. The van der Waals surface area contributed by atoms with Gasteiger partial charge >= 0.3 is 12.1 Å². The fraction of sp³-hybridized carbons (Fsp3) is 0.591. The smallest absolute Gasteiger partial charge is 0.413 e. The fourth-order valence-corrected chi connectivity index (χ4v) is 3.55. The lowest BCUT2D eigenvalue weighted by atomic mass is 10.0. The standard InChI is InChI=1S/C22H30N2O7/c1-15(21(26)17-7-8-18-19(13-17)29-14-28-18)23(3)22(27)31-16(2)30-20(25)9-12-24-10-5-4-6-11-24/h7-8,13,15-16H,4-6,9-12,14H2,1-3H3. The normalized spacial score (nSPS) is 17.5. The minimum Gasteiger partial charge on any atom is -0.454 e. The number of hydrogen-bond acceptors (Lipinski definition) is 8. The number of Topliss-reactive ketones (excluding diaryl/α,β-unsaturated/α-hetero) is 1. The van der Waals surface area contributed by atoms with Gasteiger partial charge in [-0.15, -0.1) is 0 Å². The molecule has 1 aromatic rings. The van der Waals surface area contributed by atoms with Crippen LogP contribution in [0.5, 0.6) is 11.5 Å². The molecule has 2 aliphatic heterocycles. The third-order valence-corrected chi connectivity index (χ3v) is 5.55. The molecule has 1 aromatic carbocycles. The minimum absolute atomic E-state index is 0.114. The zero-order valence-electron chi connectivity index (χ0n) is 18.3. The summed E-state index contributed by atoms with van der Waals surface area (Å²) in [4.78, 5) is 40.6. The molecular formula is C22H30N2O7. The molecule has 0 bridgehead atoms. The van der Waals surface area contributed by atoms with Crippen molar-refractivity contribution in [1.29, 1.82) is 0 Å². The van der Waals surface area contributed by atoms with E-state index < -0.39 is 24.4 Å². The highest BCUT2D eigenvalue weighted by Crippen LogP contribution is 2.33. The van der Waals surface area contributed by atoms with E-state index in [0.717, 1.165) is 25.9 Å². The van der Waals surface area contributed by atoms with Gasteiger partial charge in [0, 0.05) is 26.1 Å². The lowest BCUT2D eigenvalue weighted by molar-refractivity contribution is -0.166. The Morgan fingerprint density at radius 3 is 2.52 bits per heavy atom. The molecule has 0 aromatic heterocycles. The van der Waals surface area contributed by atoms with Gasteiger partial charge in [0.1, 0.15) is 0 Å². The number of hydrogen-bond donors (Lipinski definition) is 0. The van der Waals surface area contributed by atoms with Crippen LogP contribution >= 0.6 is 0 Å². The first kappa shape index (κ1) is 22.9. The van der Waals surface area contributed by atoms with E-state index in [1.807, 2.05) is 0 Å². The number of amides is 1. The Morgan fingerprint density at radius 2 is 1.77 bits per heavy atom. The van der Waals surface area contributed by atoms with Gasteiger partial charge in [-0.3, -0.25) is 9.59 Å². The van der Waals surface area contributed by atoms with Crippen LogP contribution in [0.25, 0.3) is 0 Å². The number of likely N-dealkylation sites (tertiary alicyclic amines) is 1. The van der Waals surface area contributed by atoms with Crippen molar-refractivity contribution in [3.8, 4) is 11.5 Å². The first-order chi connectivity index (χ1) is 14.8. The van der Waals surface area contributed by atoms with Crippen LogP contribution in [-0.4, -0.2) is 73.5 Å². The number of rotatable bonds is 8. The minimum atomic E-state index is -1.04. The monoisotopic (exact) mass is 434 g/mol. The number of carbonyl (C=O) groups is 3. The third-order valence-electron chi connectivity index (χ3n) is 5.55. The molecule has 170 valence electrons. The maximum Gasteiger partial charge on any atom is 0.413 e. The second-order valence-corrected chi connectivity index (χ2v) is 7.81. The van der Waals surface area contributed by atoms with Gasteiger partial charge in [-0.05, 0) is 51.1 Å². The number of ether oxygens (including phenoxy) is 4. The molecule has 0 saturated carbocycles. The number of benzene rings is 1. The number of nitrogens with zero attached hydrogens (tertiary/aromatic N) is 2. The fourth-order valence-electron chi connectivity index (χ4n) is 3.55. The van der Waals surface area contributed by atoms with Crippen molar-refractivity contribution in [1.82, 2.24) is 9.80 Å². The summed E-state index contributed by atoms with van der Waals surface area (Å²) >= 11 is 0. The quantitative estimate of drug-likeness (QED) is 0.350.